The Morgan fingerprint density at radius 1 is 1.35 bits per heavy atom. The fourth-order valence-corrected chi connectivity index (χ4v) is 4.61. The van der Waals surface area contributed by atoms with Crippen LogP contribution in [-0.2, 0) is 9.53 Å². The molecular formula is C15H21N3O4S. The number of nitrogens with zero attached hydrogens (tertiary/aromatic N) is 3. The summed E-state index contributed by atoms with van der Waals surface area (Å²) in [5.41, 5.74) is 0.196. The molecule has 0 aromatic carbocycles. The van der Waals surface area contributed by atoms with Gasteiger partial charge in [0.2, 0.25) is 0 Å². The number of thiophene rings is 1. The van der Waals surface area contributed by atoms with Gasteiger partial charge >= 0.3 is 11.7 Å². The van der Waals surface area contributed by atoms with E-state index in [9.17, 15) is 14.9 Å². The minimum Gasteiger partial charge on any atom is -0.468 e. The predicted octanol–water partition coefficient (Wildman–Crippen LogP) is 2.26. The molecule has 8 heteroatoms. The first-order valence-electron chi connectivity index (χ1n) is 7.92. The number of anilines is 1. The third kappa shape index (κ3) is 3.18. The molecule has 1 atom stereocenters. The molecule has 0 bridgehead atoms. The number of likely N-dealkylation sites (tertiary alicyclic amines) is 1. The Kier molecular flexibility index (Phi) is 4.82. The Balaban J connectivity index is 1.63. The lowest BCUT2D eigenvalue weighted by Gasteiger charge is -2.38. The van der Waals surface area contributed by atoms with Crippen LogP contribution in [0, 0.1) is 10.1 Å². The van der Waals surface area contributed by atoms with Crippen LogP contribution in [0.3, 0.4) is 0 Å². The average Bonchev–Trinajstić information content (AvgIpc) is 3.23. The highest BCUT2D eigenvalue weighted by atomic mass is 32.1. The van der Waals surface area contributed by atoms with Gasteiger partial charge < -0.3 is 9.64 Å². The van der Waals surface area contributed by atoms with E-state index in [0.29, 0.717) is 6.04 Å². The zero-order valence-corrected chi connectivity index (χ0v) is 14.0. The zero-order valence-electron chi connectivity index (χ0n) is 13.1. The molecule has 1 aromatic heterocycles. The molecule has 7 nitrogen and oxygen atoms in total. The van der Waals surface area contributed by atoms with Crippen LogP contribution in [0.25, 0.3) is 0 Å². The number of carbonyl (C=O) groups excluding carboxylic acids is 1. The van der Waals surface area contributed by atoms with Crippen LogP contribution < -0.4 is 4.90 Å². The van der Waals surface area contributed by atoms with Crippen LogP contribution in [0.4, 0.5) is 10.7 Å². The van der Waals surface area contributed by atoms with Crippen molar-refractivity contribution < 1.29 is 14.5 Å². The van der Waals surface area contributed by atoms with Crippen LogP contribution in [0.15, 0.2) is 11.4 Å². The van der Waals surface area contributed by atoms with Crippen molar-refractivity contribution in [2.45, 2.75) is 37.8 Å². The van der Waals surface area contributed by atoms with E-state index in [0.717, 1.165) is 50.3 Å². The van der Waals surface area contributed by atoms with E-state index in [1.807, 2.05) is 0 Å². The van der Waals surface area contributed by atoms with Gasteiger partial charge in [0.1, 0.15) is 6.04 Å². The van der Waals surface area contributed by atoms with Crippen LogP contribution in [0.2, 0.25) is 0 Å². The van der Waals surface area contributed by atoms with E-state index in [4.69, 9.17) is 4.74 Å². The molecular weight excluding hydrogens is 318 g/mol. The molecule has 0 radical (unpaired) electrons. The minimum absolute atomic E-state index is 0.118. The molecule has 2 fully saturated rings. The van der Waals surface area contributed by atoms with Gasteiger partial charge in [0.15, 0.2) is 5.00 Å². The SMILES string of the molecule is COC(=O)[C@@H]1CCCN1C1CCN(c2sccc2[N+](=O)[O-])CC1. The first-order valence-corrected chi connectivity index (χ1v) is 8.80. The van der Waals surface area contributed by atoms with Gasteiger partial charge in [-0.1, -0.05) is 0 Å². The number of piperidine rings is 1. The lowest BCUT2D eigenvalue weighted by atomic mass is 10.0. The summed E-state index contributed by atoms with van der Waals surface area (Å²) in [5, 5.41) is 13.6. The molecule has 3 heterocycles. The van der Waals surface area contributed by atoms with Gasteiger partial charge in [0.25, 0.3) is 0 Å². The number of ether oxygens (including phenoxy) is 1. The van der Waals surface area contributed by atoms with Crippen LogP contribution in [-0.4, -0.2) is 54.6 Å². The van der Waals surface area contributed by atoms with Gasteiger partial charge in [0, 0.05) is 25.2 Å². The van der Waals surface area contributed by atoms with Gasteiger partial charge in [-0.05, 0) is 37.6 Å². The van der Waals surface area contributed by atoms with Crippen LogP contribution in [0.1, 0.15) is 25.7 Å². The Morgan fingerprint density at radius 2 is 2.09 bits per heavy atom. The van der Waals surface area contributed by atoms with Crippen molar-refractivity contribution in [2.24, 2.45) is 0 Å². The van der Waals surface area contributed by atoms with Gasteiger partial charge in [-0.2, -0.15) is 0 Å². The molecule has 126 valence electrons. The summed E-state index contributed by atoms with van der Waals surface area (Å²) >= 11 is 1.42. The molecule has 0 unspecified atom stereocenters. The molecule has 0 aliphatic carbocycles. The topological polar surface area (TPSA) is 75.9 Å². The molecule has 0 spiro atoms. The highest BCUT2D eigenvalue weighted by Crippen LogP contribution is 2.37. The molecule has 2 aliphatic rings. The molecule has 0 saturated carbocycles. The van der Waals surface area contributed by atoms with E-state index in [2.05, 4.69) is 9.80 Å². The Bertz CT molecular complexity index is 583. The standard InChI is InChI=1S/C15H21N3O4S/c1-22-15(19)13-3-2-7-17(13)11-4-8-16(9-5-11)14-12(18(20)21)6-10-23-14/h6,10-11,13H,2-5,7-9H2,1H3/t13-/m0/s1. The Labute approximate surface area is 139 Å². The third-order valence-electron chi connectivity index (χ3n) is 4.81. The quantitative estimate of drug-likeness (QED) is 0.476. The molecule has 3 rings (SSSR count). The largest absolute Gasteiger partial charge is 0.468 e. The molecule has 23 heavy (non-hydrogen) atoms. The van der Waals surface area contributed by atoms with Gasteiger partial charge in [-0.15, -0.1) is 11.3 Å². The summed E-state index contributed by atoms with van der Waals surface area (Å²) in [5.74, 6) is -0.140. The summed E-state index contributed by atoms with van der Waals surface area (Å²) in [7, 11) is 1.44. The number of methoxy groups -OCH3 is 1. The maximum Gasteiger partial charge on any atom is 0.323 e. The Morgan fingerprint density at radius 3 is 2.74 bits per heavy atom. The molecule has 2 saturated heterocycles. The van der Waals surface area contributed by atoms with Crippen molar-refractivity contribution in [3.63, 3.8) is 0 Å². The monoisotopic (exact) mass is 339 g/mol. The van der Waals surface area contributed by atoms with Crippen molar-refractivity contribution in [2.75, 3.05) is 31.6 Å². The van der Waals surface area contributed by atoms with E-state index < -0.39 is 0 Å². The van der Waals surface area contributed by atoms with E-state index in [1.165, 1.54) is 18.4 Å². The number of carbonyl (C=O) groups is 1. The molecule has 0 amide bonds. The highest BCUT2D eigenvalue weighted by molar-refractivity contribution is 7.14. The van der Waals surface area contributed by atoms with Crippen molar-refractivity contribution >= 4 is 28.0 Å². The van der Waals surface area contributed by atoms with E-state index in [-0.39, 0.29) is 22.6 Å². The molecule has 1 aromatic rings. The summed E-state index contributed by atoms with van der Waals surface area (Å²) in [6.07, 6.45) is 3.73. The Hall–Kier alpha value is -1.67. The lowest BCUT2D eigenvalue weighted by molar-refractivity contribution is -0.383. The van der Waals surface area contributed by atoms with E-state index in [1.54, 1.807) is 11.4 Å². The van der Waals surface area contributed by atoms with Crippen molar-refractivity contribution in [3.05, 3.63) is 21.6 Å². The van der Waals surface area contributed by atoms with Crippen molar-refractivity contribution in [1.29, 1.82) is 0 Å². The maximum atomic E-state index is 11.9. The van der Waals surface area contributed by atoms with Crippen molar-refractivity contribution in [1.82, 2.24) is 4.90 Å². The van der Waals surface area contributed by atoms with Gasteiger partial charge in [-0.3, -0.25) is 19.8 Å². The minimum atomic E-state index is -0.314. The van der Waals surface area contributed by atoms with Crippen LogP contribution >= 0.6 is 11.3 Å². The summed E-state index contributed by atoms with van der Waals surface area (Å²) in [6, 6.07) is 1.81. The fourth-order valence-electron chi connectivity index (χ4n) is 3.69. The summed E-state index contributed by atoms with van der Waals surface area (Å²) in [6.45, 7) is 2.51. The number of esters is 1. The second-order valence-electron chi connectivity index (χ2n) is 6.01. The van der Waals surface area contributed by atoms with Crippen LogP contribution in [0.5, 0.6) is 0 Å². The second kappa shape index (κ2) is 6.84. The zero-order chi connectivity index (χ0) is 16.4. The normalized spacial score (nSPS) is 23.2. The smallest absolute Gasteiger partial charge is 0.323 e. The van der Waals surface area contributed by atoms with Gasteiger partial charge in [0.05, 0.1) is 12.0 Å². The van der Waals surface area contributed by atoms with Gasteiger partial charge in [-0.25, -0.2) is 0 Å². The number of hydrogen-bond acceptors (Lipinski definition) is 7. The molecule has 2 aliphatic heterocycles. The average molecular weight is 339 g/mol. The maximum absolute atomic E-state index is 11.9. The fraction of sp³-hybridized carbons (Fsp3) is 0.667. The third-order valence-corrected chi connectivity index (χ3v) is 5.77. The second-order valence-corrected chi connectivity index (χ2v) is 6.90. The number of nitro groups is 1. The number of rotatable bonds is 4. The first-order chi connectivity index (χ1) is 11.1. The lowest BCUT2D eigenvalue weighted by Crippen LogP contribution is -2.49. The summed E-state index contributed by atoms with van der Waals surface area (Å²) in [4.78, 5) is 27.0. The predicted molar refractivity (Wildman–Crippen MR) is 88.0 cm³/mol. The first kappa shape index (κ1) is 16.2. The van der Waals surface area contributed by atoms with Crippen molar-refractivity contribution in [3.8, 4) is 0 Å². The number of hydrogen-bond donors (Lipinski definition) is 0. The summed E-state index contributed by atoms with van der Waals surface area (Å²) < 4.78 is 4.91. The van der Waals surface area contributed by atoms with E-state index >= 15 is 0 Å². The molecule has 0 N–H and O–H groups in total. The highest BCUT2D eigenvalue weighted by Gasteiger charge is 2.38.